The molecule has 0 radical (unpaired) electrons. The molecule has 1 aromatic heterocycles. The van der Waals surface area contributed by atoms with Gasteiger partial charge in [-0.1, -0.05) is 18.2 Å². The number of nitrogens with zero attached hydrogens (tertiary/aromatic N) is 3. The van der Waals surface area contributed by atoms with Crippen LogP contribution in [-0.4, -0.2) is 45.9 Å². The Morgan fingerprint density at radius 1 is 1.30 bits per heavy atom. The third kappa shape index (κ3) is 2.86. The van der Waals surface area contributed by atoms with Gasteiger partial charge in [0.1, 0.15) is 0 Å². The fourth-order valence-electron chi connectivity index (χ4n) is 3.07. The van der Waals surface area contributed by atoms with E-state index in [0.717, 1.165) is 5.39 Å². The molecule has 0 spiro atoms. The lowest BCUT2D eigenvalue weighted by molar-refractivity contribution is -0.145. The van der Waals surface area contributed by atoms with Crippen LogP contribution >= 0.6 is 0 Å². The highest BCUT2D eigenvalue weighted by molar-refractivity contribution is 5.88. The number of ether oxygens (including phenoxy) is 1. The average molecular weight is 315 g/mol. The largest absolute Gasteiger partial charge is 0.377 e. The molecule has 0 N–H and O–H groups in total. The van der Waals surface area contributed by atoms with Gasteiger partial charge in [-0.05, 0) is 19.9 Å². The molecule has 1 aliphatic heterocycles. The minimum atomic E-state index is -0.328. The first-order valence-corrected chi connectivity index (χ1v) is 7.73. The van der Waals surface area contributed by atoms with E-state index in [4.69, 9.17) is 4.74 Å². The van der Waals surface area contributed by atoms with Crippen LogP contribution in [-0.2, 0) is 23.0 Å². The highest BCUT2D eigenvalue weighted by atomic mass is 16.5. The molecular weight excluding hydrogens is 294 g/mol. The summed E-state index contributed by atoms with van der Waals surface area (Å²) in [6.45, 7) is 5.65. The van der Waals surface area contributed by atoms with Crippen molar-refractivity contribution < 1.29 is 9.53 Å². The van der Waals surface area contributed by atoms with Crippen molar-refractivity contribution in [1.82, 2.24) is 14.7 Å². The Kier molecular flexibility index (Phi) is 3.93. The quantitative estimate of drug-likeness (QED) is 0.833. The first-order chi connectivity index (χ1) is 10.9. The van der Waals surface area contributed by atoms with Crippen molar-refractivity contribution in [3.8, 4) is 0 Å². The summed E-state index contributed by atoms with van der Waals surface area (Å²) >= 11 is 0. The Hall–Kier alpha value is -2.21. The van der Waals surface area contributed by atoms with Crippen molar-refractivity contribution in [2.45, 2.75) is 25.8 Å². The topological polar surface area (TPSA) is 64.4 Å². The number of benzene rings is 1. The smallest absolute Gasteiger partial charge is 0.274 e. The Morgan fingerprint density at radius 3 is 2.70 bits per heavy atom. The number of rotatable bonds is 2. The molecule has 0 atom stereocenters. The third-order valence-corrected chi connectivity index (χ3v) is 4.30. The maximum atomic E-state index is 12.8. The molecule has 1 saturated heterocycles. The highest BCUT2D eigenvalue weighted by Gasteiger charge is 2.34. The standard InChI is InChI=1S/C17H21N3O3/c1-17(2)11-23-9-8-20(17)15(21)10-14-12-6-4-5-7-13(12)16(22)19(3)18-14/h4-7H,8-11H2,1-3H3. The second-order valence-corrected chi connectivity index (χ2v) is 6.51. The second-order valence-electron chi connectivity index (χ2n) is 6.51. The summed E-state index contributed by atoms with van der Waals surface area (Å²) in [5.41, 5.74) is 0.157. The minimum absolute atomic E-state index is 0.00889. The van der Waals surface area contributed by atoms with Crippen LogP contribution < -0.4 is 5.56 Å². The van der Waals surface area contributed by atoms with Crippen LogP contribution in [0.15, 0.2) is 29.1 Å². The van der Waals surface area contributed by atoms with Gasteiger partial charge in [0.25, 0.3) is 5.56 Å². The number of morpholine rings is 1. The van der Waals surface area contributed by atoms with Crippen LogP contribution in [0.2, 0.25) is 0 Å². The van der Waals surface area contributed by atoms with Gasteiger partial charge in [-0.15, -0.1) is 0 Å². The van der Waals surface area contributed by atoms with Crippen molar-refractivity contribution in [3.05, 3.63) is 40.3 Å². The van der Waals surface area contributed by atoms with Crippen LogP contribution in [0.25, 0.3) is 10.8 Å². The number of fused-ring (bicyclic) bond motifs is 1. The molecule has 3 rings (SSSR count). The number of amides is 1. The molecule has 2 heterocycles. The first kappa shape index (κ1) is 15.7. The van der Waals surface area contributed by atoms with Crippen LogP contribution in [0.3, 0.4) is 0 Å². The van der Waals surface area contributed by atoms with Crippen LogP contribution in [0.4, 0.5) is 0 Å². The van der Waals surface area contributed by atoms with Gasteiger partial charge in [-0.25, -0.2) is 4.68 Å². The van der Waals surface area contributed by atoms with Crippen molar-refractivity contribution in [3.63, 3.8) is 0 Å². The highest BCUT2D eigenvalue weighted by Crippen LogP contribution is 2.21. The Morgan fingerprint density at radius 2 is 2.00 bits per heavy atom. The lowest BCUT2D eigenvalue weighted by atomic mass is 10.0. The predicted octanol–water partition coefficient (Wildman–Crippen LogP) is 1.11. The SMILES string of the molecule is Cn1nc(CC(=O)N2CCOCC2(C)C)c2ccccc2c1=O. The van der Waals surface area contributed by atoms with Gasteiger partial charge in [0, 0.05) is 19.0 Å². The molecule has 1 fully saturated rings. The zero-order valence-corrected chi connectivity index (χ0v) is 13.7. The van der Waals surface area contributed by atoms with Gasteiger partial charge < -0.3 is 9.64 Å². The molecule has 122 valence electrons. The molecule has 1 aliphatic rings. The lowest BCUT2D eigenvalue weighted by Gasteiger charge is -2.42. The Bertz CT molecular complexity index is 810. The number of carbonyl (C=O) groups excluding carboxylic acids is 1. The third-order valence-electron chi connectivity index (χ3n) is 4.30. The van der Waals surface area contributed by atoms with E-state index in [2.05, 4.69) is 5.10 Å². The average Bonchev–Trinajstić information content (AvgIpc) is 2.52. The zero-order chi connectivity index (χ0) is 16.6. The molecule has 1 amide bonds. The summed E-state index contributed by atoms with van der Waals surface area (Å²) in [7, 11) is 1.61. The molecule has 0 aliphatic carbocycles. The molecule has 1 aromatic carbocycles. The van der Waals surface area contributed by atoms with E-state index in [-0.39, 0.29) is 23.4 Å². The minimum Gasteiger partial charge on any atom is -0.377 e. The molecule has 6 nitrogen and oxygen atoms in total. The normalized spacial score (nSPS) is 17.4. The van der Waals surface area contributed by atoms with E-state index >= 15 is 0 Å². The zero-order valence-electron chi connectivity index (χ0n) is 13.7. The van der Waals surface area contributed by atoms with Crippen LogP contribution in [0, 0.1) is 0 Å². The maximum absolute atomic E-state index is 12.8. The van der Waals surface area contributed by atoms with Crippen molar-refractivity contribution in [1.29, 1.82) is 0 Å². The maximum Gasteiger partial charge on any atom is 0.274 e. The van der Waals surface area contributed by atoms with E-state index in [0.29, 0.717) is 30.8 Å². The fraction of sp³-hybridized carbons (Fsp3) is 0.471. The molecule has 0 unspecified atom stereocenters. The fourth-order valence-corrected chi connectivity index (χ4v) is 3.07. The van der Waals surface area contributed by atoms with E-state index in [1.807, 2.05) is 36.9 Å². The van der Waals surface area contributed by atoms with Crippen molar-refractivity contribution >= 4 is 16.7 Å². The predicted molar refractivity (Wildman–Crippen MR) is 87.3 cm³/mol. The summed E-state index contributed by atoms with van der Waals surface area (Å²) < 4.78 is 6.77. The monoisotopic (exact) mass is 315 g/mol. The molecular formula is C17H21N3O3. The Labute approximate surface area is 134 Å². The molecule has 2 aromatic rings. The van der Waals surface area contributed by atoms with E-state index in [1.54, 1.807) is 13.1 Å². The van der Waals surface area contributed by atoms with Gasteiger partial charge in [0.2, 0.25) is 5.91 Å². The number of carbonyl (C=O) groups is 1. The number of hydrogen-bond acceptors (Lipinski definition) is 4. The van der Waals surface area contributed by atoms with Gasteiger partial charge in [-0.2, -0.15) is 5.10 Å². The van der Waals surface area contributed by atoms with E-state index < -0.39 is 0 Å². The second kappa shape index (κ2) is 5.77. The van der Waals surface area contributed by atoms with Gasteiger partial charge in [0.05, 0.1) is 36.3 Å². The van der Waals surface area contributed by atoms with Crippen molar-refractivity contribution in [2.24, 2.45) is 7.05 Å². The molecule has 6 heteroatoms. The van der Waals surface area contributed by atoms with Gasteiger partial charge in [-0.3, -0.25) is 9.59 Å². The first-order valence-electron chi connectivity index (χ1n) is 7.73. The lowest BCUT2D eigenvalue weighted by Crippen LogP contribution is -2.56. The van der Waals surface area contributed by atoms with Crippen molar-refractivity contribution in [2.75, 3.05) is 19.8 Å². The van der Waals surface area contributed by atoms with E-state index in [1.165, 1.54) is 4.68 Å². The van der Waals surface area contributed by atoms with E-state index in [9.17, 15) is 9.59 Å². The Balaban J connectivity index is 1.97. The number of aryl methyl sites for hydroxylation is 1. The molecule has 23 heavy (non-hydrogen) atoms. The molecule has 0 saturated carbocycles. The summed E-state index contributed by atoms with van der Waals surface area (Å²) in [6, 6.07) is 7.29. The van der Waals surface area contributed by atoms with Gasteiger partial charge in [0.15, 0.2) is 0 Å². The summed E-state index contributed by atoms with van der Waals surface area (Å²) in [6.07, 6.45) is 0.179. The summed E-state index contributed by atoms with van der Waals surface area (Å²) in [4.78, 5) is 26.8. The van der Waals surface area contributed by atoms with Gasteiger partial charge >= 0.3 is 0 Å². The van der Waals surface area contributed by atoms with Crippen LogP contribution in [0.5, 0.6) is 0 Å². The summed E-state index contributed by atoms with van der Waals surface area (Å²) in [5.74, 6) is 0.00889. The number of hydrogen-bond donors (Lipinski definition) is 0. The molecule has 0 bridgehead atoms. The summed E-state index contributed by atoms with van der Waals surface area (Å²) in [5, 5.41) is 5.65. The van der Waals surface area contributed by atoms with Crippen LogP contribution in [0.1, 0.15) is 19.5 Å². The number of aromatic nitrogens is 2.